The van der Waals surface area contributed by atoms with Crippen LogP contribution in [0.2, 0.25) is 0 Å². The Morgan fingerprint density at radius 1 is 0.339 bits per heavy atom. The van der Waals surface area contributed by atoms with E-state index in [4.69, 9.17) is 24.4 Å². The molecule has 4 aromatic heterocycles. The van der Waals surface area contributed by atoms with Crippen LogP contribution in [0.3, 0.4) is 0 Å². The minimum Gasteiger partial charge on any atom is -0.436 e. The molecular formula is C52H32N6O. The Hall–Kier alpha value is -8.16. The predicted molar refractivity (Wildman–Crippen MR) is 238 cm³/mol. The first kappa shape index (κ1) is 33.0. The Bertz CT molecular complexity index is 3480. The topological polar surface area (TPSA) is 74.6 Å². The second-order valence-electron chi connectivity index (χ2n) is 14.7. The van der Waals surface area contributed by atoms with Crippen molar-refractivity contribution in [3.8, 4) is 57.0 Å². The minimum absolute atomic E-state index is 0.570. The van der Waals surface area contributed by atoms with Crippen molar-refractivity contribution in [1.29, 1.82) is 0 Å². The normalized spacial score (nSPS) is 11.7. The first-order chi connectivity index (χ1) is 29.2. The van der Waals surface area contributed by atoms with Crippen LogP contribution < -0.4 is 0 Å². The van der Waals surface area contributed by atoms with Crippen LogP contribution in [0.5, 0.6) is 0 Å². The highest BCUT2D eigenvalue weighted by molar-refractivity contribution is 6.14. The number of hydrogen-bond acceptors (Lipinski definition) is 5. The Morgan fingerprint density at radius 3 is 1.49 bits per heavy atom. The third kappa shape index (κ3) is 5.44. The summed E-state index contributed by atoms with van der Waals surface area (Å²) in [5, 5.41) is 4.47. The van der Waals surface area contributed by atoms with Crippen LogP contribution in [0.1, 0.15) is 0 Å². The van der Waals surface area contributed by atoms with Gasteiger partial charge in [0.1, 0.15) is 5.52 Å². The summed E-state index contributed by atoms with van der Waals surface area (Å²) in [6.07, 6.45) is 0. The average Bonchev–Trinajstić information content (AvgIpc) is 3.98. The summed E-state index contributed by atoms with van der Waals surface area (Å²) < 4.78 is 10.9. The summed E-state index contributed by atoms with van der Waals surface area (Å²) in [4.78, 5) is 20.1. The van der Waals surface area contributed by atoms with Gasteiger partial charge < -0.3 is 8.98 Å². The molecular weight excluding hydrogens is 725 g/mol. The molecule has 0 saturated heterocycles. The summed E-state index contributed by atoms with van der Waals surface area (Å²) in [7, 11) is 0. The van der Waals surface area contributed by atoms with Gasteiger partial charge in [-0.2, -0.15) is 9.97 Å². The summed E-state index contributed by atoms with van der Waals surface area (Å²) in [5.41, 5.74) is 11.9. The standard InChI is InChI=1S/C52H32N6O/c1-5-15-33(16-6-1)49-54-50(34-17-7-2-8-18-34)56-52(55-49)58-44-24-14-13-23-39(44)40-29-36(26-28-46(40)58)37-25-27-45-41(30-37)42-31-48-43(53-51(59-48)35-19-9-3-10-20-35)32-47(42)57(45)38-21-11-4-12-22-38/h1-32H. The van der Waals surface area contributed by atoms with Crippen molar-refractivity contribution in [3.05, 3.63) is 194 Å². The lowest BCUT2D eigenvalue weighted by atomic mass is 10.0. The van der Waals surface area contributed by atoms with Gasteiger partial charge in [0.15, 0.2) is 17.2 Å². The first-order valence-corrected chi connectivity index (χ1v) is 19.6. The molecule has 0 spiro atoms. The third-order valence-electron chi connectivity index (χ3n) is 11.2. The maximum Gasteiger partial charge on any atom is 0.238 e. The molecule has 0 bridgehead atoms. The fraction of sp³-hybridized carbons (Fsp3) is 0. The van der Waals surface area contributed by atoms with E-state index in [2.05, 4.69) is 112 Å². The largest absolute Gasteiger partial charge is 0.436 e. The second-order valence-corrected chi connectivity index (χ2v) is 14.7. The predicted octanol–water partition coefficient (Wildman–Crippen LogP) is 12.9. The molecule has 4 heterocycles. The Labute approximate surface area is 338 Å². The van der Waals surface area contributed by atoms with E-state index in [1.807, 2.05) is 91.0 Å². The summed E-state index contributed by atoms with van der Waals surface area (Å²) in [6.45, 7) is 0. The summed E-state index contributed by atoms with van der Waals surface area (Å²) in [5.74, 6) is 2.43. The Kier molecular flexibility index (Phi) is 7.40. The number of hydrogen-bond donors (Lipinski definition) is 0. The molecule has 0 radical (unpaired) electrons. The van der Waals surface area contributed by atoms with Gasteiger partial charge in [0, 0.05) is 43.9 Å². The maximum absolute atomic E-state index is 6.40. The lowest BCUT2D eigenvalue weighted by Gasteiger charge is -2.11. The fourth-order valence-corrected chi connectivity index (χ4v) is 8.44. The van der Waals surface area contributed by atoms with E-state index in [0.29, 0.717) is 23.5 Å². The lowest BCUT2D eigenvalue weighted by Crippen LogP contribution is -2.06. The highest BCUT2D eigenvalue weighted by Crippen LogP contribution is 2.40. The SMILES string of the molecule is c1ccc(-c2nc(-c3ccccc3)nc(-n3c4ccccc4c4cc(-c5ccc6c(c5)c5cc7oc(-c8ccccc8)nc7cc5n6-c5ccccc5)ccc43)n2)cc1. The third-order valence-corrected chi connectivity index (χ3v) is 11.2. The Balaban J connectivity index is 1.05. The van der Waals surface area contributed by atoms with Gasteiger partial charge in [-0.1, -0.05) is 127 Å². The molecule has 0 aliphatic rings. The first-order valence-electron chi connectivity index (χ1n) is 19.6. The molecule has 59 heavy (non-hydrogen) atoms. The number of oxazole rings is 1. The zero-order valence-corrected chi connectivity index (χ0v) is 31.6. The van der Waals surface area contributed by atoms with Crippen LogP contribution in [0.25, 0.3) is 112 Å². The molecule has 8 aromatic carbocycles. The van der Waals surface area contributed by atoms with Crippen LogP contribution >= 0.6 is 0 Å². The minimum atomic E-state index is 0.570. The quantitative estimate of drug-likeness (QED) is 0.169. The molecule has 0 amide bonds. The number of para-hydroxylation sites is 2. The highest BCUT2D eigenvalue weighted by atomic mass is 16.3. The molecule has 0 atom stereocenters. The number of nitrogens with zero attached hydrogens (tertiary/aromatic N) is 6. The van der Waals surface area contributed by atoms with Crippen molar-refractivity contribution in [1.82, 2.24) is 29.1 Å². The van der Waals surface area contributed by atoms with Gasteiger partial charge >= 0.3 is 0 Å². The van der Waals surface area contributed by atoms with Crippen molar-refractivity contribution in [2.24, 2.45) is 0 Å². The van der Waals surface area contributed by atoms with Crippen LogP contribution in [0.15, 0.2) is 199 Å². The molecule has 276 valence electrons. The number of aromatic nitrogens is 6. The van der Waals surface area contributed by atoms with Crippen LogP contribution in [-0.2, 0) is 0 Å². The van der Waals surface area contributed by atoms with Gasteiger partial charge in [-0.15, -0.1) is 0 Å². The Morgan fingerprint density at radius 2 is 0.847 bits per heavy atom. The van der Waals surface area contributed by atoms with E-state index in [1.165, 1.54) is 0 Å². The summed E-state index contributed by atoms with van der Waals surface area (Å²) >= 11 is 0. The van der Waals surface area contributed by atoms with E-state index in [-0.39, 0.29) is 0 Å². The molecule has 0 aliphatic heterocycles. The van der Waals surface area contributed by atoms with Gasteiger partial charge in [-0.05, 0) is 77.9 Å². The van der Waals surface area contributed by atoms with Crippen molar-refractivity contribution in [2.45, 2.75) is 0 Å². The molecule has 0 aliphatic carbocycles. The van der Waals surface area contributed by atoms with Crippen molar-refractivity contribution in [2.75, 3.05) is 0 Å². The van der Waals surface area contributed by atoms with Crippen molar-refractivity contribution < 1.29 is 4.42 Å². The van der Waals surface area contributed by atoms with E-state index >= 15 is 0 Å². The van der Waals surface area contributed by atoms with Gasteiger partial charge in [0.2, 0.25) is 11.8 Å². The van der Waals surface area contributed by atoms with Gasteiger partial charge in [0.25, 0.3) is 0 Å². The lowest BCUT2D eigenvalue weighted by molar-refractivity contribution is 0.620. The maximum atomic E-state index is 6.40. The van der Waals surface area contributed by atoms with Crippen molar-refractivity contribution >= 4 is 54.7 Å². The molecule has 0 N–H and O–H groups in total. The molecule has 7 heteroatoms. The fourth-order valence-electron chi connectivity index (χ4n) is 8.44. The van der Waals surface area contributed by atoms with Crippen LogP contribution in [-0.4, -0.2) is 29.1 Å². The zero-order valence-electron chi connectivity index (χ0n) is 31.6. The number of rotatable bonds is 6. The van der Waals surface area contributed by atoms with Gasteiger partial charge in [-0.25, -0.2) is 9.97 Å². The van der Waals surface area contributed by atoms with Crippen LogP contribution in [0, 0.1) is 0 Å². The number of benzene rings is 8. The second kappa shape index (κ2) is 13.2. The van der Waals surface area contributed by atoms with Crippen molar-refractivity contribution in [3.63, 3.8) is 0 Å². The van der Waals surface area contributed by atoms with E-state index in [0.717, 1.165) is 88.2 Å². The van der Waals surface area contributed by atoms with Gasteiger partial charge in [0.05, 0.1) is 22.1 Å². The van der Waals surface area contributed by atoms with E-state index < -0.39 is 0 Å². The van der Waals surface area contributed by atoms with Crippen LogP contribution in [0.4, 0.5) is 0 Å². The zero-order chi connectivity index (χ0) is 38.9. The summed E-state index contributed by atoms with van der Waals surface area (Å²) in [6, 6.07) is 67.0. The monoisotopic (exact) mass is 756 g/mol. The molecule has 0 unspecified atom stereocenters. The molecule has 12 rings (SSSR count). The van der Waals surface area contributed by atoms with Gasteiger partial charge in [-0.3, -0.25) is 4.57 Å². The molecule has 0 saturated carbocycles. The highest BCUT2D eigenvalue weighted by Gasteiger charge is 2.20. The van der Waals surface area contributed by atoms with E-state index in [1.54, 1.807) is 0 Å². The smallest absolute Gasteiger partial charge is 0.238 e. The molecule has 12 aromatic rings. The average molecular weight is 757 g/mol. The molecule has 7 nitrogen and oxygen atoms in total. The molecule has 0 fully saturated rings. The number of fused-ring (bicyclic) bond motifs is 7. The van der Waals surface area contributed by atoms with E-state index in [9.17, 15) is 0 Å².